The molecule has 5 aromatic rings. The van der Waals surface area contributed by atoms with Crippen LogP contribution in [-0.2, 0) is 0 Å². The third-order valence-electron chi connectivity index (χ3n) is 4.34. The number of hydrogen-bond donors (Lipinski definition) is 0. The Kier molecular flexibility index (Phi) is 3.95. The minimum atomic E-state index is -0.389. The second-order valence-electron chi connectivity index (χ2n) is 6.23. The van der Waals surface area contributed by atoms with Crippen molar-refractivity contribution in [3.8, 4) is 32.5 Å². The van der Waals surface area contributed by atoms with E-state index in [9.17, 15) is 4.39 Å². The van der Waals surface area contributed by atoms with Crippen molar-refractivity contribution in [2.75, 3.05) is 0 Å². The Bertz CT molecular complexity index is 1300. The highest BCUT2D eigenvalue weighted by atomic mass is 32.1. The number of pyridine rings is 3. The maximum atomic E-state index is 13.5. The molecule has 0 atom stereocenters. The normalized spacial score (nSPS) is 11.2. The third-order valence-corrected chi connectivity index (χ3v) is 5.57. The maximum absolute atomic E-state index is 13.5. The monoisotopic (exact) mass is 388 g/mol. The molecule has 0 spiro atoms. The van der Waals surface area contributed by atoms with E-state index in [1.54, 1.807) is 18.7 Å². The van der Waals surface area contributed by atoms with Gasteiger partial charge in [0.1, 0.15) is 22.1 Å². The highest BCUT2D eigenvalue weighted by molar-refractivity contribution is 7.18. The van der Waals surface area contributed by atoms with Crippen LogP contribution in [0.5, 0.6) is 0 Å². The number of furan rings is 1. The average molecular weight is 388 g/mol. The molecule has 136 valence electrons. The first-order chi connectivity index (χ1) is 13.7. The first kappa shape index (κ1) is 16.7. The fourth-order valence-corrected chi connectivity index (χ4v) is 4.07. The van der Waals surface area contributed by atoms with Gasteiger partial charge in [-0.3, -0.25) is 9.97 Å². The molecule has 0 bridgehead atoms. The van der Waals surface area contributed by atoms with Crippen LogP contribution < -0.4 is 0 Å². The second-order valence-corrected chi connectivity index (χ2v) is 7.23. The lowest BCUT2D eigenvalue weighted by Gasteiger charge is -2.05. The van der Waals surface area contributed by atoms with E-state index in [1.807, 2.05) is 37.3 Å². The topological polar surface area (TPSA) is 64.7 Å². The zero-order chi connectivity index (χ0) is 19.1. The largest absolute Gasteiger partial charge is 0.464 e. The number of nitrogens with zero attached hydrogens (tertiary/aromatic N) is 4. The van der Waals surface area contributed by atoms with E-state index < -0.39 is 0 Å². The van der Waals surface area contributed by atoms with Crippen molar-refractivity contribution in [2.45, 2.75) is 6.92 Å². The summed E-state index contributed by atoms with van der Waals surface area (Å²) in [7, 11) is 0. The summed E-state index contributed by atoms with van der Waals surface area (Å²) in [6.45, 7) is 1.91. The molecule has 0 saturated heterocycles. The summed E-state index contributed by atoms with van der Waals surface area (Å²) in [5.41, 5.74) is 4.45. The van der Waals surface area contributed by atoms with Crippen LogP contribution in [0.15, 0.2) is 65.7 Å². The number of thiazole rings is 1. The van der Waals surface area contributed by atoms with E-state index in [0.29, 0.717) is 10.6 Å². The molecule has 0 fully saturated rings. The van der Waals surface area contributed by atoms with Crippen LogP contribution >= 0.6 is 11.3 Å². The lowest BCUT2D eigenvalue weighted by Crippen LogP contribution is -1.91. The van der Waals surface area contributed by atoms with Gasteiger partial charge in [0.2, 0.25) is 0 Å². The lowest BCUT2D eigenvalue weighted by atomic mass is 10.1. The fourth-order valence-electron chi connectivity index (χ4n) is 3.07. The predicted molar refractivity (Wildman–Crippen MR) is 106 cm³/mol. The van der Waals surface area contributed by atoms with Crippen LogP contribution in [0.1, 0.15) is 5.69 Å². The van der Waals surface area contributed by atoms with E-state index in [2.05, 4.69) is 15.0 Å². The van der Waals surface area contributed by atoms with E-state index in [0.717, 1.165) is 38.6 Å². The highest BCUT2D eigenvalue weighted by Gasteiger charge is 2.17. The molecule has 5 heterocycles. The summed E-state index contributed by atoms with van der Waals surface area (Å²) in [6.07, 6.45) is 6.17. The average Bonchev–Trinajstić information content (AvgIpc) is 3.34. The molecule has 7 heteroatoms. The maximum Gasteiger partial charge on any atom is 0.142 e. The molecule has 0 aromatic carbocycles. The standard InChI is InChI=1S/C21H13FN4OS/c1-12-20(28-21(25-12)13-8-14(22)11-23-10-13)17-9-18-15(5-7-27-18)19(26-17)16-4-2-3-6-24-16/h2-11H,1H3. The van der Waals surface area contributed by atoms with Crippen LogP contribution in [0, 0.1) is 12.7 Å². The Morgan fingerprint density at radius 3 is 2.79 bits per heavy atom. The summed E-state index contributed by atoms with van der Waals surface area (Å²) >= 11 is 1.45. The number of aromatic nitrogens is 4. The summed E-state index contributed by atoms with van der Waals surface area (Å²) < 4.78 is 19.2. The van der Waals surface area contributed by atoms with Gasteiger partial charge < -0.3 is 4.42 Å². The van der Waals surface area contributed by atoms with E-state index in [4.69, 9.17) is 9.40 Å². The van der Waals surface area contributed by atoms with E-state index in [-0.39, 0.29) is 5.82 Å². The summed E-state index contributed by atoms with van der Waals surface area (Å²) in [5, 5.41) is 1.60. The Morgan fingerprint density at radius 1 is 1.04 bits per heavy atom. The summed E-state index contributed by atoms with van der Waals surface area (Å²) in [6, 6.07) is 10.9. The highest BCUT2D eigenvalue weighted by Crippen LogP contribution is 2.37. The fraction of sp³-hybridized carbons (Fsp3) is 0.0476. The second kappa shape index (κ2) is 6.61. The molecule has 0 unspecified atom stereocenters. The van der Waals surface area contributed by atoms with Crippen LogP contribution in [0.4, 0.5) is 4.39 Å². The van der Waals surface area contributed by atoms with Crippen molar-refractivity contribution in [1.29, 1.82) is 0 Å². The zero-order valence-corrected chi connectivity index (χ0v) is 15.6. The van der Waals surface area contributed by atoms with Gasteiger partial charge in [0, 0.05) is 29.4 Å². The van der Waals surface area contributed by atoms with Gasteiger partial charge >= 0.3 is 0 Å². The molecule has 28 heavy (non-hydrogen) atoms. The van der Waals surface area contributed by atoms with Gasteiger partial charge in [0.25, 0.3) is 0 Å². The quantitative estimate of drug-likeness (QED) is 0.407. The van der Waals surface area contributed by atoms with E-state index >= 15 is 0 Å². The molecular formula is C21H13FN4OS. The van der Waals surface area contributed by atoms with Crippen molar-refractivity contribution in [3.63, 3.8) is 0 Å². The molecule has 0 aliphatic rings. The van der Waals surface area contributed by atoms with Crippen LogP contribution in [0.2, 0.25) is 0 Å². The molecule has 0 N–H and O–H groups in total. The minimum absolute atomic E-state index is 0.389. The zero-order valence-electron chi connectivity index (χ0n) is 14.8. The molecule has 5 aromatic heterocycles. The molecule has 0 aliphatic heterocycles. The van der Waals surface area contributed by atoms with Gasteiger partial charge in [-0.05, 0) is 31.2 Å². The molecular weight excluding hydrogens is 375 g/mol. The van der Waals surface area contributed by atoms with Crippen molar-refractivity contribution < 1.29 is 8.81 Å². The van der Waals surface area contributed by atoms with Gasteiger partial charge in [-0.2, -0.15) is 0 Å². The summed E-state index contributed by atoms with van der Waals surface area (Å²) in [4.78, 5) is 18.7. The SMILES string of the molecule is Cc1nc(-c2cncc(F)c2)sc1-c1cc2occc2c(-c2ccccn2)n1. The summed E-state index contributed by atoms with van der Waals surface area (Å²) in [5.74, 6) is -0.389. The Hall–Kier alpha value is -3.45. The number of halogens is 1. The van der Waals surface area contributed by atoms with Gasteiger partial charge in [0.05, 0.1) is 34.4 Å². The van der Waals surface area contributed by atoms with Gasteiger partial charge in [0.15, 0.2) is 0 Å². The third kappa shape index (κ3) is 2.86. The number of fused-ring (bicyclic) bond motifs is 1. The molecule has 5 nitrogen and oxygen atoms in total. The smallest absolute Gasteiger partial charge is 0.142 e. The molecule has 0 amide bonds. The first-order valence-corrected chi connectivity index (χ1v) is 9.39. The number of hydrogen-bond acceptors (Lipinski definition) is 6. The predicted octanol–water partition coefficient (Wildman–Crippen LogP) is 5.52. The number of aryl methyl sites for hydroxylation is 1. The Morgan fingerprint density at radius 2 is 1.96 bits per heavy atom. The number of rotatable bonds is 3. The Labute approximate surface area is 163 Å². The van der Waals surface area contributed by atoms with Crippen LogP contribution in [-0.4, -0.2) is 19.9 Å². The van der Waals surface area contributed by atoms with Gasteiger partial charge in [-0.25, -0.2) is 14.4 Å². The Balaban J connectivity index is 1.68. The van der Waals surface area contributed by atoms with Crippen molar-refractivity contribution in [2.24, 2.45) is 0 Å². The van der Waals surface area contributed by atoms with Crippen molar-refractivity contribution in [3.05, 3.63) is 72.8 Å². The van der Waals surface area contributed by atoms with Gasteiger partial charge in [-0.15, -0.1) is 11.3 Å². The minimum Gasteiger partial charge on any atom is -0.464 e. The van der Waals surface area contributed by atoms with Crippen molar-refractivity contribution in [1.82, 2.24) is 19.9 Å². The lowest BCUT2D eigenvalue weighted by molar-refractivity contribution is 0.616. The van der Waals surface area contributed by atoms with Crippen molar-refractivity contribution >= 4 is 22.3 Å². The molecule has 0 radical (unpaired) electrons. The molecule has 0 saturated carbocycles. The van der Waals surface area contributed by atoms with Crippen LogP contribution in [0.3, 0.4) is 0 Å². The van der Waals surface area contributed by atoms with Gasteiger partial charge in [-0.1, -0.05) is 6.07 Å². The van der Waals surface area contributed by atoms with E-state index in [1.165, 1.54) is 23.6 Å². The molecule has 0 aliphatic carbocycles. The van der Waals surface area contributed by atoms with Crippen LogP contribution in [0.25, 0.3) is 43.5 Å². The molecule has 5 rings (SSSR count). The first-order valence-electron chi connectivity index (χ1n) is 8.57.